The van der Waals surface area contributed by atoms with Crippen LogP contribution in [0.4, 0.5) is 0 Å². The topological polar surface area (TPSA) is 74.6 Å². The van der Waals surface area contributed by atoms with Crippen LogP contribution in [0.3, 0.4) is 0 Å². The minimum Gasteiger partial charge on any atom is -0.478 e. The van der Waals surface area contributed by atoms with Gasteiger partial charge in [-0.3, -0.25) is 0 Å². The molecule has 2 bridgehead atoms. The Hall–Kier alpha value is -1.32. The van der Waals surface area contributed by atoms with E-state index in [1.54, 1.807) is 0 Å². The summed E-state index contributed by atoms with van der Waals surface area (Å²) in [6.07, 6.45) is 5.04. The zero-order valence-corrected chi connectivity index (χ0v) is 8.35. The van der Waals surface area contributed by atoms with Crippen molar-refractivity contribution in [1.29, 1.82) is 0 Å². The molecule has 0 heterocycles. The van der Waals surface area contributed by atoms with E-state index in [0.29, 0.717) is 11.8 Å². The standard InChI is InChI=1S/C11H14O4/c12-10(13)5-9(11(14)15)8-4-6-1-2-7(8)3-6/h5-8H,1-4H2,(H,12,13)(H,14,15)/b9-5+. The summed E-state index contributed by atoms with van der Waals surface area (Å²) in [7, 11) is 0. The molecule has 2 aliphatic carbocycles. The lowest BCUT2D eigenvalue weighted by Gasteiger charge is -2.21. The van der Waals surface area contributed by atoms with Gasteiger partial charge >= 0.3 is 11.9 Å². The highest BCUT2D eigenvalue weighted by Crippen LogP contribution is 2.50. The van der Waals surface area contributed by atoms with E-state index in [0.717, 1.165) is 25.3 Å². The van der Waals surface area contributed by atoms with Gasteiger partial charge in [-0.25, -0.2) is 9.59 Å². The van der Waals surface area contributed by atoms with E-state index in [1.165, 1.54) is 6.42 Å². The third-order valence-electron chi connectivity index (χ3n) is 3.66. The highest BCUT2D eigenvalue weighted by atomic mass is 16.4. The fraction of sp³-hybridized carbons (Fsp3) is 0.636. The van der Waals surface area contributed by atoms with Crippen LogP contribution in [-0.4, -0.2) is 22.2 Å². The van der Waals surface area contributed by atoms with Crippen molar-refractivity contribution < 1.29 is 19.8 Å². The number of rotatable bonds is 3. The SMILES string of the molecule is O=C(O)/C=C(/C(=O)O)C1CC2CCC1C2. The van der Waals surface area contributed by atoms with E-state index < -0.39 is 11.9 Å². The number of hydrogen-bond donors (Lipinski definition) is 2. The number of carboxylic acids is 2. The Balaban J connectivity index is 2.19. The summed E-state index contributed by atoms with van der Waals surface area (Å²) in [6, 6.07) is 0. The average molecular weight is 210 g/mol. The van der Waals surface area contributed by atoms with Crippen LogP contribution < -0.4 is 0 Å². The van der Waals surface area contributed by atoms with E-state index in [2.05, 4.69) is 0 Å². The quantitative estimate of drug-likeness (QED) is 0.692. The molecule has 0 aliphatic heterocycles. The summed E-state index contributed by atoms with van der Waals surface area (Å²) in [5.74, 6) is -1.24. The lowest BCUT2D eigenvalue weighted by molar-refractivity contribution is -0.135. The van der Waals surface area contributed by atoms with Crippen molar-refractivity contribution in [2.45, 2.75) is 25.7 Å². The average Bonchev–Trinajstić information content (AvgIpc) is 2.73. The van der Waals surface area contributed by atoms with E-state index in [9.17, 15) is 9.59 Å². The molecule has 0 spiro atoms. The predicted octanol–water partition coefficient (Wildman–Crippen LogP) is 1.52. The van der Waals surface area contributed by atoms with E-state index in [-0.39, 0.29) is 11.5 Å². The summed E-state index contributed by atoms with van der Waals surface area (Å²) in [4.78, 5) is 21.5. The molecular weight excluding hydrogens is 196 g/mol. The molecule has 0 radical (unpaired) electrons. The Morgan fingerprint density at radius 3 is 2.27 bits per heavy atom. The Kier molecular flexibility index (Phi) is 2.50. The zero-order valence-electron chi connectivity index (χ0n) is 8.35. The fourth-order valence-electron chi connectivity index (χ4n) is 3.09. The molecule has 3 unspecified atom stereocenters. The maximum atomic E-state index is 11.0. The molecule has 0 aromatic heterocycles. The lowest BCUT2D eigenvalue weighted by atomic mass is 9.83. The molecule has 2 fully saturated rings. The van der Waals surface area contributed by atoms with Crippen LogP contribution in [0.2, 0.25) is 0 Å². The Bertz CT molecular complexity index is 331. The third-order valence-corrected chi connectivity index (χ3v) is 3.66. The smallest absolute Gasteiger partial charge is 0.332 e. The van der Waals surface area contributed by atoms with Crippen molar-refractivity contribution in [2.24, 2.45) is 17.8 Å². The first-order chi connectivity index (χ1) is 7.08. The van der Waals surface area contributed by atoms with Gasteiger partial charge < -0.3 is 10.2 Å². The van der Waals surface area contributed by atoms with Gasteiger partial charge in [-0.05, 0) is 37.0 Å². The van der Waals surface area contributed by atoms with Crippen LogP contribution in [0.1, 0.15) is 25.7 Å². The highest BCUT2D eigenvalue weighted by molar-refractivity contribution is 5.95. The van der Waals surface area contributed by atoms with E-state index >= 15 is 0 Å². The molecule has 0 aromatic rings. The molecule has 2 rings (SSSR count). The van der Waals surface area contributed by atoms with E-state index in [4.69, 9.17) is 10.2 Å². The first-order valence-corrected chi connectivity index (χ1v) is 5.25. The minimum atomic E-state index is -1.16. The second kappa shape index (κ2) is 3.68. The number of hydrogen-bond acceptors (Lipinski definition) is 2. The molecule has 0 saturated heterocycles. The van der Waals surface area contributed by atoms with Crippen LogP contribution in [-0.2, 0) is 9.59 Å². The van der Waals surface area contributed by atoms with Gasteiger partial charge in [-0.15, -0.1) is 0 Å². The second-order valence-corrected chi connectivity index (χ2v) is 4.52. The maximum Gasteiger partial charge on any atom is 0.332 e. The Morgan fingerprint density at radius 1 is 1.13 bits per heavy atom. The summed E-state index contributed by atoms with van der Waals surface area (Å²) in [5.41, 5.74) is 0.0923. The van der Waals surface area contributed by atoms with Gasteiger partial charge in [-0.1, -0.05) is 6.42 Å². The van der Waals surface area contributed by atoms with Gasteiger partial charge in [0.2, 0.25) is 0 Å². The van der Waals surface area contributed by atoms with Gasteiger partial charge in [-0.2, -0.15) is 0 Å². The third kappa shape index (κ3) is 1.89. The number of aliphatic carboxylic acids is 2. The molecule has 82 valence electrons. The van der Waals surface area contributed by atoms with Crippen molar-refractivity contribution in [3.8, 4) is 0 Å². The van der Waals surface area contributed by atoms with Crippen LogP contribution >= 0.6 is 0 Å². The first-order valence-electron chi connectivity index (χ1n) is 5.25. The van der Waals surface area contributed by atoms with Crippen LogP contribution in [0.25, 0.3) is 0 Å². The molecule has 2 saturated carbocycles. The molecule has 4 nitrogen and oxygen atoms in total. The minimum absolute atomic E-state index is 0.0302. The monoisotopic (exact) mass is 210 g/mol. The predicted molar refractivity (Wildman–Crippen MR) is 52.3 cm³/mol. The van der Waals surface area contributed by atoms with Crippen molar-refractivity contribution in [3.05, 3.63) is 11.6 Å². The van der Waals surface area contributed by atoms with Gasteiger partial charge in [0.1, 0.15) is 0 Å². The molecule has 2 N–H and O–H groups in total. The molecule has 15 heavy (non-hydrogen) atoms. The van der Waals surface area contributed by atoms with Crippen molar-refractivity contribution in [3.63, 3.8) is 0 Å². The maximum absolute atomic E-state index is 11.0. The Morgan fingerprint density at radius 2 is 1.87 bits per heavy atom. The van der Waals surface area contributed by atoms with Crippen molar-refractivity contribution in [1.82, 2.24) is 0 Å². The van der Waals surface area contributed by atoms with Gasteiger partial charge in [0.05, 0.1) is 0 Å². The van der Waals surface area contributed by atoms with Crippen molar-refractivity contribution in [2.75, 3.05) is 0 Å². The largest absolute Gasteiger partial charge is 0.478 e. The molecule has 0 amide bonds. The summed E-state index contributed by atoms with van der Waals surface area (Å²) in [5, 5.41) is 17.6. The molecule has 2 aliphatic rings. The van der Waals surface area contributed by atoms with Gasteiger partial charge in [0.25, 0.3) is 0 Å². The lowest BCUT2D eigenvalue weighted by Crippen LogP contribution is -2.19. The highest BCUT2D eigenvalue weighted by Gasteiger charge is 2.42. The molecule has 4 heteroatoms. The summed E-state index contributed by atoms with van der Waals surface area (Å²) < 4.78 is 0. The molecule has 0 aromatic carbocycles. The Labute approximate surface area is 87.6 Å². The first kappa shape index (κ1) is 10.2. The summed E-state index contributed by atoms with van der Waals surface area (Å²) >= 11 is 0. The van der Waals surface area contributed by atoms with Gasteiger partial charge in [0, 0.05) is 11.6 Å². The second-order valence-electron chi connectivity index (χ2n) is 4.52. The van der Waals surface area contributed by atoms with Crippen LogP contribution in [0, 0.1) is 17.8 Å². The molecule has 3 atom stereocenters. The summed E-state index contributed by atoms with van der Waals surface area (Å²) in [6.45, 7) is 0. The zero-order chi connectivity index (χ0) is 11.0. The van der Waals surface area contributed by atoms with Crippen LogP contribution in [0.5, 0.6) is 0 Å². The number of carbonyl (C=O) groups is 2. The van der Waals surface area contributed by atoms with E-state index in [1.807, 2.05) is 0 Å². The van der Waals surface area contributed by atoms with Crippen LogP contribution in [0.15, 0.2) is 11.6 Å². The number of carboxylic acid groups (broad SMARTS) is 2. The van der Waals surface area contributed by atoms with Gasteiger partial charge in [0.15, 0.2) is 0 Å². The number of fused-ring (bicyclic) bond motifs is 2. The normalized spacial score (nSPS) is 34.4. The van der Waals surface area contributed by atoms with Crippen molar-refractivity contribution >= 4 is 11.9 Å². The molecular formula is C11H14O4. The fourth-order valence-corrected chi connectivity index (χ4v) is 3.09.